The molecule has 2 aromatic rings. The van der Waals surface area contributed by atoms with E-state index >= 15 is 0 Å². The van der Waals surface area contributed by atoms with Crippen LogP contribution in [0.15, 0.2) is 18.3 Å². The van der Waals surface area contributed by atoms with Gasteiger partial charge < -0.3 is 14.6 Å². The average molecular weight is 297 g/mol. The van der Waals surface area contributed by atoms with E-state index in [-0.39, 0.29) is 22.2 Å². The number of esters is 1. The molecular formula is C12H9ClN2O5. The molecule has 2 aromatic heterocycles. The predicted octanol–water partition coefficient (Wildman–Crippen LogP) is 1.67. The molecule has 0 unspecified atom stereocenters. The number of halogens is 1. The first-order valence-corrected chi connectivity index (χ1v) is 5.80. The van der Waals surface area contributed by atoms with Gasteiger partial charge in [-0.3, -0.25) is 14.6 Å². The molecular weight excluding hydrogens is 288 g/mol. The van der Waals surface area contributed by atoms with Crippen molar-refractivity contribution in [2.75, 3.05) is 7.11 Å². The van der Waals surface area contributed by atoms with Crippen molar-refractivity contribution in [3.05, 3.63) is 23.4 Å². The molecule has 0 aromatic carbocycles. The van der Waals surface area contributed by atoms with Gasteiger partial charge in [-0.15, -0.1) is 0 Å². The number of hydrogen-bond acceptors (Lipinski definition) is 6. The molecule has 104 valence electrons. The van der Waals surface area contributed by atoms with Gasteiger partial charge in [0.05, 0.1) is 18.8 Å². The number of ether oxygens (including phenoxy) is 2. The maximum Gasteiger partial charge on any atom is 0.322 e. The summed E-state index contributed by atoms with van der Waals surface area (Å²) in [7, 11) is 1.43. The van der Waals surface area contributed by atoms with E-state index in [1.807, 2.05) is 0 Å². The molecule has 0 radical (unpaired) electrons. The number of aliphatic carboxylic acids is 1. The van der Waals surface area contributed by atoms with Crippen molar-refractivity contribution >= 4 is 34.6 Å². The van der Waals surface area contributed by atoms with Gasteiger partial charge in [0.15, 0.2) is 5.75 Å². The third-order valence-corrected chi connectivity index (χ3v) is 2.59. The van der Waals surface area contributed by atoms with Crippen LogP contribution >= 0.6 is 11.6 Å². The van der Waals surface area contributed by atoms with Crippen LogP contribution in [0.2, 0.25) is 5.02 Å². The highest BCUT2D eigenvalue weighted by Crippen LogP contribution is 2.32. The lowest BCUT2D eigenvalue weighted by Gasteiger charge is -2.08. The molecule has 1 N–H and O–H groups in total. The number of fused-ring (bicyclic) bond motifs is 1. The number of rotatable bonds is 4. The summed E-state index contributed by atoms with van der Waals surface area (Å²) < 4.78 is 9.93. The topological polar surface area (TPSA) is 98.6 Å². The van der Waals surface area contributed by atoms with Crippen molar-refractivity contribution in [2.45, 2.75) is 6.42 Å². The molecule has 2 heterocycles. The van der Waals surface area contributed by atoms with Crippen LogP contribution in [-0.2, 0) is 9.59 Å². The van der Waals surface area contributed by atoms with Gasteiger partial charge in [0.1, 0.15) is 17.0 Å². The number of carbonyl (C=O) groups excluding carboxylic acids is 1. The summed E-state index contributed by atoms with van der Waals surface area (Å²) in [5.41, 5.74) is 0.656. The zero-order chi connectivity index (χ0) is 14.7. The second-order valence-electron chi connectivity index (χ2n) is 3.70. The second-order valence-corrected chi connectivity index (χ2v) is 4.11. The standard InChI is InChI=1S/C12H9ClN2O5/c1-19-8-3-2-7-11(15-8)12(6(13)5-14-7)20-10(18)4-9(16)17/h2-3,5H,4H2,1H3,(H,16,17). The van der Waals surface area contributed by atoms with E-state index in [0.717, 1.165) is 0 Å². The number of pyridine rings is 2. The molecule has 0 aliphatic rings. The minimum Gasteiger partial charge on any atom is -0.481 e. The maximum absolute atomic E-state index is 11.4. The molecule has 20 heavy (non-hydrogen) atoms. The maximum atomic E-state index is 11.4. The lowest BCUT2D eigenvalue weighted by atomic mass is 10.3. The van der Waals surface area contributed by atoms with E-state index in [1.54, 1.807) is 12.1 Å². The van der Waals surface area contributed by atoms with E-state index in [1.165, 1.54) is 13.3 Å². The average Bonchev–Trinajstić information content (AvgIpc) is 2.40. The Balaban J connectivity index is 2.47. The van der Waals surface area contributed by atoms with Crippen LogP contribution in [0.5, 0.6) is 11.6 Å². The Bertz CT molecular complexity index is 689. The predicted molar refractivity (Wildman–Crippen MR) is 69.0 cm³/mol. The van der Waals surface area contributed by atoms with Crippen LogP contribution in [0, 0.1) is 0 Å². The molecule has 0 bridgehead atoms. The number of carbonyl (C=O) groups is 2. The Hall–Kier alpha value is -2.41. The first-order chi connectivity index (χ1) is 9.51. The molecule has 7 nitrogen and oxygen atoms in total. The summed E-state index contributed by atoms with van der Waals surface area (Å²) >= 11 is 5.91. The zero-order valence-corrected chi connectivity index (χ0v) is 11.0. The summed E-state index contributed by atoms with van der Waals surface area (Å²) in [6, 6.07) is 3.21. The third kappa shape index (κ3) is 2.94. The quantitative estimate of drug-likeness (QED) is 0.676. The van der Waals surface area contributed by atoms with Crippen molar-refractivity contribution in [3.8, 4) is 11.6 Å². The summed E-state index contributed by atoms with van der Waals surface area (Å²) in [4.78, 5) is 30.0. The number of nitrogens with zero attached hydrogens (tertiary/aromatic N) is 2. The molecule has 0 fully saturated rings. The Kier molecular flexibility index (Phi) is 3.99. The molecule has 0 saturated heterocycles. The van der Waals surface area contributed by atoms with E-state index in [9.17, 15) is 9.59 Å². The second kappa shape index (κ2) is 5.70. The van der Waals surface area contributed by atoms with E-state index in [4.69, 9.17) is 26.2 Å². The highest BCUT2D eigenvalue weighted by atomic mass is 35.5. The number of methoxy groups -OCH3 is 1. The highest BCUT2D eigenvalue weighted by molar-refractivity contribution is 6.33. The van der Waals surface area contributed by atoms with Gasteiger partial charge in [0.2, 0.25) is 5.88 Å². The van der Waals surface area contributed by atoms with Crippen LogP contribution in [-0.4, -0.2) is 34.1 Å². The van der Waals surface area contributed by atoms with Crippen LogP contribution in [0.25, 0.3) is 11.0 Å². The third-order valence-electron chi connectivity index (χ3n) is 2.32. The number of hydrogen-bond donors (Lipinski definition) is 1. The fourth-order valence-electron chi connectivity index (χ4n) is 1.49. The fraction of sp³-hybridized carbons (Fsp3) is 0.167. The van der Waals surface area contributed by atoms with Crippen molar-refractivity contribution in [1.29, 1.82) is 0 Å². The minimum atomic E-state index is -1.30. The lowest BCUT2D eigenvalue weighted by molar-refractivity contribution is -0.145. The number of aromatic nitrogens is 2. The Morgan fingerprint density at radius 2 is 2.15 bits per heavy atom. The molecule has 0 atom stereocenters. The zero-order valence-electron chi connectivity index (χ0n) is 10.3. The summed E-state index contributed by atoms with van der Waals surface area (Å²) in [6.07, 6.45) is 0.519. The Morgan fingerprint density at radius 1 is 1.40 bits per heavy atom. The van der Waals surface area contributed by atoms with Gasteiger partial charge in [-0.05, 0) is 6.07 Å². The fourth-order valence-corrected chi connectivity index (χ4v) is 1.66. The first-order valence-electron chi connectivity index (χ1n) is 5.43. The van der Waals surface area contributed by atoms with Gasteiger partial charge in [0.25, 0.3) is 0 Å². The molecule has 8 heteroatoms. The van der Waals surface area contributed by atoms with Gasteiger partial charge in [-0.1, -0.05) is 11.6 Å². The van der Waals surface area contributed by atoms with Crippen LogP contribution in [0.4, 0.5) is 0 Å². The van der Waals surface area contributed by atoms with Gasteiger partial charge in [-0.2, -0.15) is 0 Å². The largest absolute Gasteiger partial charge is 0.481 e. The van der Waals surface area contributed by atoms with Crippen molar-refractivity contribution < 1.29 is 24.2 Å². The lowest BCUT2D eigenvalue weighted by Crippen LogP contribution is -2.14. The minimum absolute atomic E-state index is 0.0400. The molecule has 0 spiro atoms. The van der Waals surface area contributed by atoms with Crippen molar-refractivity contribution in [2.24, 2.45) is 0 Å². The SMILES string of the molecule is COc1ccc2ncc(Cl)c(OC(=O)CC(=O)O)c2n1. The first kappa shape index (κ1) is 14.0. The molecule has 0 aliphatic heterocycles. The van der Waals surface area contributed by atoms with Crippen LogP contribution in [0.1, 0.15) is 6.42 Å². The summed E-state index contributed by atoms with van der Waals surface area (Å²) in [5.74, 6) is -1.99. The Morgan fingerprint density at radius 3 is 2.80 bits per heavy atom. The summed E-state index contributed by atoms with van der Waals surface area (Å²) in [6.45, 7) is 0. The van der Waals surface area contributed by atoms with Crippen molar-refractivity contribution in [1.82, 2.24) is 9.97 Å². The normalized spacial score (nSPS) is 10.3. The molecule has 0 amide bonds. The van der Waals surface area contributed by atoms with Gasteiger partial charge >= 0.3 is 11.9 Å². The molecule has 2 rings (SSSR count). The van der Waals surface area contributed by atoms with E-state index in [2.05, 4.69) is 9.97 Å². The van der Waals surface area contributed by atoms with Gasteiger partial charge in [-0.25, -0.2) is 4.98 Å². The van der Waals surface area contributed by atoms with E-state index in [0.29, 0.717) is 5.52 Å². The molecule has 0 aliphatic carbocycles. The van der Waals surface area contributed by atoms with E-state index < -0.39 is 18.4 Å². The Labute approximate surface area is 118 Å². The summed E-state index contributed by atoms with van der Waals surface area (Å²) in [5, 5.41) is 8.60. The van der Waals surface area contributed by atoms with Crippen molar-refractivity contribution in [3.63, 3.8) is 0 Å². The molecule has 0 saturated carbocycles. The highest BCUT2D eigenvalue weighted by Gasteiger charge is 2.17. The monoisotopic (exact) mass is 296 g/mol. The van der Waals surface area contributed by atoms with Gasteiger partial charge in [0, 0.05) is 6.07 Å². The number of carboxylic acid groups (broad SMARTS) is 1. The van der Waals surface area contributed by atoms with Crippen LogP contribution in [0.3, 0.4) is 0 Å². The van der Waals surface area contributed by atoms with Crippen LogP contribution < -0.4 is 9.47 Å². The number of carboxylic acids is 1. The smallest absolute Gasteiger partial charge is 0.322 e.